The lowest BCUT2D eigenvalue weighted by molar-refractivity contribution is -0.215. The van der Waals surface area contributed by atoms with Crippen LogP contribution in [0.3, 0.4) is 0 Å². The van der Waals surface area contributed by atoms with Crippen LogP contribution in [0.25, 0.3) is 0 Å². The third kappa shape index (κ3) is 2.57. The Morgan fingerprint density at radius 2 is 1.70 bits per heavy atom. The van der Waals surface area contributed by atoms with Gasteiger partial charge < -0.3 is 9.47 Å². The zero-order valence-electron chi connectivity index (χ0n) is 21.2. The summed E-state index contributed by atoms with van der Waals surface area (Å²) >= 11 is 0. The lowest BCUT2D eigenvalue weighted by atomic mass is 9.32. The number of methoxy groups -OCH3 is 2. The van der Waals surface area contributed by atoms with Crippen molar-refractivity contribution in [3.63, 3.8) is 0 Å². The molecule has 182 valence electrons. The molecule has 6 rings (SSSR count). The van der Waals surface area contributed by atoms with Gasteiger partial charge >= 0.3 is 11.9 Å². The molecule has 0 amide bonds. The van der Waals surface area contributed by atoms with Crippen LogP contribution in [0.1, 0.15) is 79.1 Å². The molecule has 0 aromatic heterocycles. The lowest BCUT2D eigenvalue weighted by Crippen LogP contribution is -2.68. The Labute approximate surface area is 198 Å². The van der Waals surface area contributed by atoms with E-state index >= 15 is 0 Å². The van der Waals surface area contributed by atoms with E-state index in [0.29, 0.717) is 24.7 Å². The lowest BCUT2D eigenvalue weighted by Gasteiger charge is -2.70. The summed E-state index contributed by atoms with van der Waals surface area (Å²) in [7, 11) is 2.99. The molecule has 0 saturated heterocycles. The van der Waals surface area contributed by atoms with Gasteiger partial charge in [0.05, 0.1) is 25.0 Å². The average Bonchev–Trinajstić information content (AvgIpc) is 3.17. The van der Waals surface area contributed by atoms with Crippen molar-refractivity contribution in [1.82, 2.24) is 0 Å². The number of hydrogen-bond donors (Lipinski definition) is 0. The number of ether oxygens (including phenoxy) is 2. The summed E-state index contributed by atoms with van der Waals surface area (Å²) in [6, 6.07) is 0. The molecule has 0 radical (unpaired) electrons. The Kier molecular flexibility index (Phi) is 5.03. The highest BCUT2D eigenvalue weighted by molar-refractivity contribution is 5.95. The Hall–Kier alpha value is -1.65. The Morgan fingerprint density at radius 1 is 1.00 bits per heavy atom. The molecule has 8 atom stereocenters. The molecule has 5 nitrogen and oxygen atoms in total. The third-order valence-corrected chi connectivity index (χ3v) is 11.3. The van der Waals surface area contributed by atoms with E-state index in [1.165, 1.54) is 19.8 Å². The predicted molar refractivity (Wildman–Crippen MR) is 124 cm³/mol. The largest absolute Gasteiger partial charge is 0.469 e. The first kappa shape index (κ1) is 23.1. The molecule has 0 heterocycles. The van der Waals surface area contributed by atoms with Crippen molar-refractivity contribution in [3.05, 3.63) is 11.6 Å². The summed E-state index contributed by atoms with van der Waals surface area (Å²) in [5.74, 6) is 0.623. The Bertz CT molecular complexity index is 935. The smallest absolute Gasteiger partial charge is 0.313 e. The van der Waals surface area contributed by atoms with Gasteiger partial charge in [0.2, 0.25) is 0 Å². The van der Waals surface area contributed by atoms with Crippen molar-refractivity contribution in [3.8, 4) is 0 Å². The second-order valence-corrected chi connectivity index (χ2v) is 12.5. The molecule has 0 aromatic rings. The number of fused-ring (bicyclic) bond motifs is 1. The number of ketones is 1. The summed E-state index contributed by atoms with van der Waals surface area (Å²) in [6.07, 6.45) is 9.18. The first-order chi connectivity index (χ1) is 15.5. The number of carbonyl (C=O) groups excluding carboxylic acids is 3. The van der Waals surface area contributed by atoms with E-state index in [4.69, 9.17) is 9.47 Å². The first-order valence-corrected chi connectivity index (χ1v) is 12.9. The molecule has 6 aliphatic rings. The van der Waals surface area contributed by atoms with Gasteiger partial charge in [0, 0.05) is 17.8 Å². The number of esters is 2. The van der Waals surface area contributed by atoms with Crippen molar-refractivity contribution < 1.29 is 23.9 Å². The van der Waals surface area contributed by atoms with Gasteiger partial charge in [-0.2, -0.15) is 0 Å². The fourth-order valence-electron chi connectivity index (χ4n) is 10.2. The number of allylic oxidation sites excluding steroid dienone is 2. The van der Waals surface area contributed by atoms with Crippen LogP contribution in [0, 0.1) is 51.2 Å². The molecule has 6 aliphatic carbocycles. The summed E-state index contributed by atoms with van der Waals surface area (Å²) in [4.78, 5) is 40.1. The van der Waals surface area contributed by atoms with Crippen molar-refractivity contribution in [1.29, 1.82) is 0 Å². The molecule has 0 aliphatic heterocycles. The minimum atomic E-state index is -0.708. The van der Waals surface area contributed by atoms with E-state index in [9.17, 15) is 14.4 Å². The fourth-order valence-corrected chi connectivity index (χ4v) is 10.2. The van der Waals surface area contributed by atoms with Crippen molar-refractivity contribution in [2.24, 2.45) is 51.2 Å². The van der Waals surface area contributed by atoms with E-state index in [1.54, 1.807) is 0 Å². The first-order valence-electron chi connectivity index (χ1n) is 12.9. The molecule has 1 spiro atoms. The van der Waals surface area contributed by atoms with Crippen LogP contribution in [0.15, 0.2) is 11.6 Å². The summed E-state index contributed by atoms with van der Waals surface area (Å²) < 4.78 is 10.7. The van der Waals surface area contributed by atoms with E-state index in [-0.39, 0.29) is 46.3 Å². The van der Waals surface area contributed by atoms with Gasteiger partial charge in [-0.15, -0.1) is 0 Å². The van der Waals surface area contributed by atoms with Gasteiger partial charge in [-0.05, 0) is 74.5 Å². The average molecular weight is 457 g/mol. The molecule has 0 unspecified atom stereocenters. The standard InChI is InChI=1S/C28H40O5/c1-16(2)17-15-27-12-9-20-25(3,10-7-11-26(20,4)23(30)32-5)21(27)14-18(17)28(24(31)33-6)13-8-19(29)22(27)28/h15-16,18,20-22H,7-14H2,1-6H3/t18-,20+,21+,22-,25-,26+,27-,28-/m0/s1. The summed E-state index contributed by atoms with van der Waals surface area (Å²) in [6.45, 7) is 8.93. The van der Waals surface area contributed by atoms with Gasteiger partial charge in [-0.25, -0.2) is 0 Å². The minimum absolute atomic E-state index is 0.0511. The maximum Gasteiger partial charge on any atom is 0.313 e. The molecular weight excluding hydrogens is 416 g/mol. The van der Waals surface area contributed by atoms with Crippen LogP contribution < -0.4 is 0 Å². The molecule has 5 heteroatoms. The highest BCUT2D eigenvalue weighted by Crippen LogP contribution is 2.77. The number of Topliss-reactive ketones (excluding diaryl/α,β-unsaturated/α-hetero) is 1. The molecule has 4 saturated carbocycles. The summed E-state index contributed by atoms with van der Waals surface area (Å²) in [5, 5.41) is 0. The van der Waals surface area contributed by atoms with Gasteiger partial charge in [0.15, 0.2) is 0 Å². The van der Waals surface area contributed by atoms with Crippen molar-refractivity contribution >= 4 is 17.7 Å². The van der Waals surface area contributed by atoms with E-state index in [1.807, 2.05) is 0 Å². The zero-order chi connectivity index (χ0) is 24.0. The van der Waals surface area contributed by atoms with Crippen LogP contribution in [0.4, 0.5) is 0 Å². The zero-order valence-corrected chi connectivity index (χ0v) is 21.2. The summed E-state index contributed by atoms with van der Waals surface area (Å²) in [5.41, 5.74) is -0.196. The number of carbonyl (C=O) groups is 3. The Balaban J connectivity index is 1.69. The monoisotopic (exact) mass is 456 g/mol. The molecule has 33 heavy (non-hydrogen) atoms. The maximum absolute atomic E-state index is 13.6. The van der Waals surface area contributed by atoms with Crippen LogP contribution in [-0.4, -0.2) is 31.9 Å². The van der Waals surface area contributed by atoms with Crippen LogP contribution in [0.5, 0.6) is 0 Å². The Morgan fingerprint density at radius 3 is 2.33 bits per heavy atom. The maximum atomic E-state index is 13.6. The van der Waals surface area contributed by atoms with Crippen molar-refractivity contribution in [2.45, 2.75) is 79.1 Å². The highest BCUT2D eigenvalue weighted by Gasteiger charge is 2.76. The van der Waals surface area contributed by atoms with E-state index in [0.717, 1.165) is 38.5 Å². The van der Waals surface area contributed by atoms with Crippen LogP contribution in [-0.2, 0) is 23.9 Å². The van der Waals surface area contributed by atoms with Gasteiger partial charge in [0.25, 0.3) is 0 Å². The van der Waals surface area contributed by atoms with Gasteiger partial charge in [-0.3, -0.25) is 14.4 Å². The normalized spacial score (nSPS) is 48.0. The second-order valence-electron chi connectivity index (χ2n) is 12.5. The van der Waals surface area contributed by atoms with E-state index in [2.05, 4.69) is 33.8 Å². The topological polar surface area (TPSA) is 69.7 Å². The molecule has 0 N–H and O–H groups in total. The molecular formula is C28H40O5. The fraction of sp³-hybridized carbons (Fsp3) is 0.821. The second kappa shape index (κ2) is 7.18. The van der Waals surface area contributed by atoms with Gasteiger partial charge in [0.1, 0.15) is 5.78 Å². The SMILES string of the molecule is COC(=O)[C@]12CCC(=O)[C@H]1[C@@]13C=C(C(C)C)[C@@H]2C[C@@H]1[C@@]1(C)CCC[C@@](C)(C(=O)OC)[C@@H]1CC3. The van der Waals surface area contributed by atoms with Crippen molar-refractivity contribution in [2.75, 3.05) is 14.2 Å². The van der Waals surface area contributed by atoms with Crippen LogP contribution in [0.2, 0.25) is 0 Å². The molecule has 4 fully saturated rings. The molecule has 0 aromatic carbocycles. The predicted octanol–water partition coefficient (Wildman–Crippen LogP) is 5.12. The third-order valence-electron chi connectivity index (χ3n) is 11.3. The number of hydrogen-bond acceptors (Lipinski definition) is 5. The van der Waals surface area contributed by atoms with Gasteiger partial charge in [-0.1, -0.05) is 38.8 Å². The van der Waals surface area contributed by atoms with E-state index < -0.39 is 10.8 Å². The molecule has 2 bridgehead atoms. The highest BCUT2D eigenvalue weighted by atomic mass is 16.5. The number of rotatable bonds is 3. The van der Waals surface area contributed by atoms with Crippen LogP contribution >= 0.6 is 0 Å². The minimum Gasteiger partial charge on any atom is -0.469 e. The quantitative estimate of drug-likeness (QED) is 0.435.